The van der Waals surface area contributed by atoms with Gasteiger partial charge in [0.15, 0.2) is 5.82 Å². The Morgan fingerprint density at radius 3 is 3.16 bits per heavy atom. The third-order valence-corrected chi connectivity index (χ3v) is 4.54. The van der Waals surface area contributed by atoms with Crippen molar-refractivity contribution < 1.29 is 14.3 Å². The quantitative estimate of drug-likeness (QED) is 0.680. The number of aromatic nitrogens is 3. The minimum Gasteiger partial charge on any atom is -0.478 e. The van der Waals surface area contributed by atoms with Gasteiger partial charge in [-0.15, -0.1) is 0 Å². The summed E-state index contributed by atoms with van der Waals surface area (Å²) in [4.78, 5) is 16.1. The average molecular weight is 343 g/mol. The molecule has 1 aliphatic heterocycles. The van der Waals surface area contributed by atoms with Crippen molar-refractivity contribution in [1.29, 1.82) is 0 Å². The largest absolute Gasteiger partial charge is 0.478 e. The zero-order chi connectivity index (χ0) is 17.1. The van der Waals surface area contributed by atoms with Crippen LogP contribution in [0, 0.1) is 0 Å². The molecule has 4 rings (SSSR count). The van der Waals surface area contributed by atoms with Crippen LogP contribution in [0.4, 0.5) is 16.3 Å². The van der Waals surface area contributed by atoms with E-state index in [0.29, 0.717) is 31.4 Å². The Morgan fingerprint density at radius 2 is 2.20 bits per heavy atom. The fraction of sp³-hybridized carbons (Fsp3) is 0.471. The highest BCUT2D eigenvalue weighted by Gasteiger charge is 2.29. The monoisotopic (exact) mass is 343 g/mol. The van der Waals surface area contributed by atoms with Crippen LogP contribution in [0.5, 0.6) is 5.88 Å². The highest BCUT2D eigenvalue weighted by molar-refractivity contribution is 5.67. The van der Waals surface area contributed by atoms with E-state index >= 15 is 0 Å². The zero-order valence-corrected chi connectivity index (χ0v) is 13.8. The Morgan fingerprint density at radius 1 is 1.24 bits per heavy atom. The Hall–Kier alpha value is -2.77. The molecule has 8 heteroatoms. The summed E-state index contributed by atoms with van der Waals surface area (Å²) >= 11 is 0. The van der Waals surface area contributed by atoms with Crippen LogP contribution in [0.1, 0.15) is 37.3 Å². The van der Waals surface area contributed by atoms with E-state index in [4.69, 9.17) is 9.47 Å². The maximum atomic E-state index is 11.9. The highest BCUT2D eigenvalue weighted by atomic mass is 16.6. The van der Waals surface area contributed by atoms with Crippen LogP contribution in [0.3, 0.4) is 0 Å². The molecule has 2 aromatic rings. The normalized spacial score (nSPS) is 23.6. The fourth-order valence-electron chi connectivity index (χ4n) is 3.29. The van der Waals surface area contributed by atoms with E-state index in [-0.39, 0.29) is 12.2 Å². The number of hydrogen-bond acceptors (Lipinski definition) is 6. The molecule has 8 nitrogen and oxygen atoms in total. The molecule has 1 amide bonds. The van der Waals surface area contributed by atoms with Gasteiger partial charge in [-0.1, -0.05) is 0 Å². The molecule has 132 valence electrons. The second kappa shape index (κ2) is 7.00. The van der Waals surface area contributed by atoms with E-state index in [1.54, 1.807) is 6.20 Å². The van der Waals surface area contributed by atoms with Crippen LogP contribution in [0.25, 0.3) is 0 Å². The number of carbonyl (C=O) groups is 1. The Balaban J connectivity index is 1.54. The predicted molar refractivity (Wildman–Crippen MR) is 91.1 cm³/mol. The van der Waals surface area contributed by atoms with E-state index in [0.717, 1.165) is 36.5 Å². The smallest absolute Gasteiger partial charge is 0.407 e. The number of hydrogen-bond donors (Lipinski definition) is 3. The van der Waals surface area contributed by atoms with Crippen molar-refractivity contribution in [3.05, 3.63) is 30.1 Å². The maximum Gasteiger partial charge on any atom is 0.407 e. The van der Waals surface area contributed by atoms with Gasteiger partial charge >= 0.3 is 6.09 Å². The van der Waals surface area contributed by atoms with E-state index in [2.05, 4.69) is 25.8 Å². The molecule has 3 N–H and O–H groups in total. The number of rotatable bonds is 0. The molecular weight excluding hydrogens is 322 g/mol. The molecule has 3 heterocycles. The highest BCUT2D eigenvalue weighted by Crippen LogP contribution is 2.36. The van der Waals surface area contributed by atoms with Gasteiger partial charge in [0, 0.05) is 42.2 Å². The number of amides is 1. The third kappa shape index (κ3) is 3.84. The number of carbonyl (C=O) groups excluding carboxylic acids is 1. The molecule has 2 aliphatic rings. The van der Waals surface area contributed by atoms with Crippen molar-refractivity contribution in [3.63, 3.8) is 0 Å². The summed E-state index contributed by atoms with van der Waals surface area (Å²) in [5.41, 5.74) is 1.93. The van der Waals surface area contributed by atoms with Gasteiger partial charge in [0.2, 0.25) is 5.88 Å². The summed E-state index contributed by atoms with van der Waals surface area (Å²) in [6, 6.07) is 5.71. The Bertz CT molecular complexity index is 747. The van der Waals surface area contributed by atoms with Crippen LogP contribution in [0.2, 0.25) is 0 Å². The molecule has 0 aromatic carbocycles. The molecule has 0 spiro atoms. The lowest BCUT2D eigenvalue weighted by Crippen LogP contribution is -2.29. The van der Waals surface area contributed by atoms with Gasteiger partial charge in [-0.2, -0.15) is 5.10 Å². The van der Waals surface area contributed by atoms with Crippen molar-refractivity contribution >= 4 is 17.6 Å². The SMILES string of the molecule is O=C1NCCCOc2cc(ccn2)Nc2cc([nH]n2)[C@H]2CC[C@H](C2)O1. The van der Waals surface area contributed by atoms with Crippen LogP contribution >= 0.6 is 0 Å². The van der Waals surface area contributed by atoms with Crippen LogP contribution in [-0.2, 0) is 4.74 Å². The van der Waals surface area contributed by atoms with Crippen LogP contribution in [0.15, 0.2) is 24.4 Å². The number of nitrogens with zero attached hydrogens (tertiary/aromatic N) is 2. The number of ether oxygens (including phenoxy) is 2. The maximum absolute atomic E-state index is 11.9. The predicted octanol–water partition coefficient (Wildman–Crippen LogP) is 2.69. The lowest BCUT2D eigenvalue weighted by atomic mass is 10.0. The third-order valence-electron chi connectivity index (χ3n) is 4.54. The number of alkyl carbamates (subject to hydrolysis) is 1. The molecule has 0 radical (unpaired) electrons. The summed E-state index contributed by atoms with van der Waals surface area (Å²) in [5.74, 6) is 1.61. The molecule has 0 unspecified atom stereocenters. The van der Waals surface area contributed by atoms with Gasteiger partial charge in [-0.3, -0.25) is 5.10 Å². The van der Waals surface area contributed by atoms with E-state index in [9.17, 15) is 4.79 Å². The number of fused-ring (bicyclic) bond motifs is 7. The number of anilines is 2. The van der Waals surface area contributed by atoms with Gasteiger partial charge in [0.05, 0.1) is 6.61 Å². The molecule has 1 aliphatic carbocycles. The Labute approximate surface area is 145 Å². The van der Waals surface area contributed by atoms with Gasteiger partial charge in [0.25, 0.3) is 0 Å². The van der Waals surface area contributed by atoms with Crippen molar-refractivity contribution in [2.75, 3.05) is 18.5 Å². The van der Waals surface area contributed by atoms with Crippen LogP contribution < -0.4 is 15.4 Å². The summed E-state index contributed by atoms with van der Waals surface area (Å²) in [7, 11) is 0. The first-order valence-electron chi connectivity index (χ1n) is 8.62. The average Bonchev–Trinajstić information content (AvgIpc) is 3.23. The van der Waals surface area contributed by atoms with Gasteiger partial charge < -0.3 is 20.1 Å². The summed E-state index contributed by atoms with van der Waals surface area (Å²) in [6.45, 7) is 0.977. The topological polar surface area (TPSA) is 101 Å². The number of H-pyrrole nitrogens is 1. The Kier molecular flexibility index (Phi) is 4.41. The lowest BCUT2D eigenvalue weighted by molar-refractivity contribution is 0.0997. The molecule has 6 bridgehead atoms. The molecule has 2 atom stereocenters. The second-order valence-corrected chi connectivity index (χ2v) is 6.38. The summed E-state index contributed by atoms with van der Waals surface area (Å²) in [5, 5.41) is 13.5. The van der Waals surface area contributed by atoms with E-state index in [1.165, 1.54) is 0 Å². The van der Waals surface area contributed by atoms with Crippen molar-refractivity contribution in [2.45, 2.75) is 37.7 Å². The number of aromatic amines is 1. The standard InChI is InChI=1S/C17H21N5O3/c23-17-19-5-1-7-24-16-9-12(4-6-18-16)20-15-10-14(21-22-15)11-2-3-13(8-11)25-17/h4,6,9-11,13H,1-3,5,7-8H2,(H,19,23)(H2,20,21,22)/t11-,13+/m0/s1. The molecule has 0 saturated heterocycles. The second-order valence-electron chi connectivity index (χ2n) is 6.38. The molecule has 25 heavy (non-hydrogen) atoms. The minimum absolute atomic E-state index is 0.0455. The first-order valence-corrected chi connectivity index (χ1v) is 8.62. The fourth-order valence-corrected chi connectivity index (χ4v) is 3.29. The van der Waals surface area contributed by atoms with Gasteiger partial charge in [-0.05, 0) is 31.7 Å². The first-order chi connectivity index (χ1) is 12.3. The van der Waals surface area contributed by atoms with E-state index in [1.807, 2.05) is 18.2 Å². The zero-order valence-electron chi connectivity index (χ0n) is 13.8. The lowest BCUT2D eigenvalue weighted by Gasteiger charge is -2.13. The number of pyridine rings is 1. The number of nitrogens with one attached hydrogen (secondary N) is 3. The van der Waals surface area contributed by atoms with Crippen molar-refractivity contribution in [3.8, 4) is 5.88 Å². The van der Waals surface area contributed by atoms with Gasteiger partial charge in [0.1, 0.15) is 6.10 Å². The van der Waals surface area contributed by atoms with Crippen LogP contribution in [-0.4, -0.2) is 40.5 Å². The van der Waals surface area contributed by atoms with Crippen molar-refractivity contribution in [2.24, 2.45) is 0 Å². The molecule has 1 fully saturated rings. The summed E-state index contributed by atoms with van der Waals surface area (Å²) < 4.78 is 11.1. The van der Waals surface area contributed by atoms with Gasteiger partial charge in [-0.25, -0.2) is 9.78 Å². The summed E-state index contributed by atoms with van der Waals surface area (Å²) in [6.07, 6.45) is 4.64. The molecule has 2 aromatic heterocycles. The minimum atomic E-state index is -0.359. The molecule has 1 saturated carbocycles. The van der Waals surface area contributed by atoms with E-state index < -0.39 is 0 Å². The first kappa shape index (κ1) is 15.7. The van der Waals surface area contributed by atoms with Crippen molar-refractivity contribution in [1.82, 2.24) is 20.5 Å². The molecular formula is C17H21N5O3.